The minimum absolute atomic E-state index is 0.223. The SMILES string of the molecule is CCC(C)(C)C1CCC2(CC1)CN=C(N)N2CCN(C)C. The maximum absolute atomic E-state index is 6.17. The van der Waals surface area contributed by atoms with Crippen LogP contribution in [0.3, 0.4) is 0 Å². The van der Waals surface area contributed by atoms with E-state index in [2.05, 4.69) is 49.7 Å². The fourth-order valence-corrected chi connectivity index (χ4v) is 3.95. The monoisotopic (exact) mass is 294 g/mol. The van der Waals surface area contributed by atoms with Crippen molar-refractivity contribution in [1.82, 2.24) is 9.80 Å². The van der Waals surface area contributed by atoms with Gasteiger partial charge in [-0.1, -0.05) is 27.2 Å². The van der Waals surface area contributed by atoms with Crippen LogP contribution in [0.2, 0.25) is 0 Å². The van der Waals surface area contributed by atoms with Crippen LogP contribution < -0.4 is 5.73 Å². The predicted octanol–water partition coefficient (Wildman–Crippen LogP) is 2.54. The molecule has 1 saturated carbocycles. The lowest BCUT2D eigenvalue weighted by Crippen LogP contribution is -2.55. The van der Waals surface area contributed by atoms with Crippen molar-refractivity contribution >= 4 is 5.96 Å². The van der Waals surface area contributed by atoms with Crippen molar-refractivity contribution in [3.05, 3.63) is 0 Å². The van der Waals surface area contributed by atoms with Crippen LogP contribution >= 0.6 is 0 Å². The lowest BCUT2D eigenvalue weighted by Gasteiger charge is -2.47. The number of aliphatic imine (C=N–C) groups is 1. The van der Waals surface area contributed by atoms with Crippen molar-refractivity contribution in [2.45, 2.75) is 58.4 Å². The van der Waals surface area contributed by atoms with Gasteiger partial charge in [0.2, 0.25) is 0 Å². The van der Waals surface area contributed by atoms with Gasteiger partial charge in [-0.3, -0.25) is 4.99 Å². The highest BCUT2D eigenvalue weighted by molar-refractivity contribution is 5.81. The third-order valence-electron chi connectivity index (χ3n) is 6.09. The molecule has 1 aliphatic carbocycles. The van der Waals surface area contributed by atoms with Gasteiger partial charge in [-0.2, -0.15) is 0 Å². The quantitative estimate of drug-likeness (QED) is 0.847. The second kappa shape index (κ2) is 6.15. The Morgan fingerprint density at radius 2 is 1.95 bits per heavy atom. The zero-order valence-corrected chi connectivity index (χ0v) is 14.7. The van der Waals surface area contributed by atoms with E-state index in [-0.39, 0.29) is 5.54 Å². The fourth-order valence-electron chi connectivity index (χ4n) is 3.95. The third kappa shape index (κ3) is 3.36. The number of rotatable bonds is 5. The highest BCUT2D eigenvalue weighted by Gasteiger charge is 2.46. The Balaban J connectivity index is 2.00. The number of nitrogens with two attached hydrogens (primary N) is 1. The summed E-state index contributed by atoms with van der Waals surface area (Å²) < 4.78 is 0. The molecule has 0 unspecified atom stereocenters. The molecule has 122 valence electrons. The van der Waals surface area contributed by atoms with Crippen LogP contribution in [0.1, 0.15) is 52.9 Å². The molecule has 0 aromatic carbocycles. The van der Waals surface area contributed by atoms with Gasteiger partial charge in [-0.15, -0.1) is 0 Å². The molecule has 2 rings (SSSR count). The molecule has 4 nitrogen and oxygen atoms in total. The highest BCUT2D eigenvalue weighted by Crippen LogP contribution is 2.46. The van der Waals surface area contributed by atoms with Crippen molar-refractivity contribution < 1.29 is 0 Å². The number of nitrogens with zero attached hydrogens (tertiary/aromatic N) is 3. The standard InChI is InChI=1S/C17H34N4/c1-6-16(2,3)14-7-9-17(10-8-14)13-19-15(18)21(17)12-11-20(4)5/h14H,6-13H2,1-5H3,(H2,18,19). The van der Waals surface area contributed by atoms with Crippen LogP contribution in [0.15, 0.2) is 4.99 Å². The molecule has 2 N–H and O–H groups in total. The molecule has 0 amide bonds. The van der Waals surface area contributed by atoms with E-state index in [0.29, 0.717) is 5.41 Å². The summed E-state index contributed by atoms with van der Waals surface area (Å²) in [6, 6.07) is 0. The molecule has 1 aliphatic heterocycles. The molecule has 0 aromatic rings. The van der Waals surface area contributed by atoms with Gasteiger partial charge in [-0.25, -0.2) is 0 Å². The Morgan fingerprint density at radius 3 is 2.48 bits per heavy atom. The van der Waals surface area contributed by atoms with E-state index in [1.165, 1.54) is 32.1 Å². The number of hydrogen-bond acceptors (Lipinski definition) is 4. The van der Waals surface area contributed by atoms with Crippen molar-refractivity contribution in [3.8, 4) is 0 Å². The number of hydrogen-bond donors (Lipinski definition) is 1. The van der Waals surface area contributed by atoms with E-state index in [0.717, 1.165) is 31.5 Å². The third-order valence-corrected chi connectivity index (χ3v) is 6.09. The van der Waals surface area contributed by atoms with Crippen LogP contribution in [-0.4, -0.2) is 55.0 Å². The summed E-state index contributed by atoms with van der Waals surface area (Å²) in [4.78, 5) is 9.21. The number of guanidine groups is 1. The van der Waals surface area contributed by atoms with Crippen molar-refractivity contribution in [2.24, 2.45) is 22.1 Å². The Kier molecular flexibility index (Phi) is 4.86. The van der Waals surface area contributed by atoms with E-state index in [9.17, 15) is 0 Å². The Bertz CT molecular complexity index is 378. The minimum atomic E-state index is 0.223. The average molecular weight is 294 g/mol. The van der Waals surface area contributed by atoms with Crippen LogP contribution in [0.4, 0.5) is 0 Å². The molecule has 0 saturated heterocycles. The first-order valence-corrected chi connectivity index (χ1v) is 8.53. The van der Waals surface area contributed by atoms with Crippen molar-refractivity contribution in [3.63, 3.8) is 0 Å². The normalized spacial score (nSPS) is 30.3. The Labute approximate surface area is 130 Å². The summed E-state index contributed by atoms with van der Waals surface area (Å²) in [6.45, 7) is 10.1. The summed E-state index contributed by atoms with van der Waals surface area (Å²) in [7, 11) is 4.24. The Hall–Kier alpha value is -0.770. The van der Waals surface area contributed by atoms with Gasteiger partial charge >= 0.3 is 0 Å². The first-order valence-electron chi connectivity index (χ1n) is 8.53. The molecule has 0 aromatic heterocycles. The topological polar surface area (TPSA) is 44.9 Å². The molecule has 0 atom stereocenters. The van der Waals surface area contributed by atoms with E-state index < -0.39 is 0 Å². The molecule has 1 fully saturated rings. The summed E-state index contributed by atoms with van der Waals surface area (Å²) in [6.07, 6.45) is 6.41. The van der Waals surface area contributed by atoms with E-state index in [1.54, 1.807) is 0 Å². The van der Waals surface area contributed by atoms with Crippen LogP contribution in [0.5, 0.6) is 0 Å². The summed E-state index contributed by atoms with van der Waals surface area (Å²) in [5.74, 6) is 1.62. The molecule has 1 heterocycles. The molecular weight excluding hydrogens is 260 g/mol. The Morgan fingerprint density at radius 1 is 1.33 bits per heavy atom. The van der Waals surface area contributed by atoms with Gasteiger partial charge in [0.15, 0.2) is 5.96 Å². The molecule has 0 radical (unpaired) electrons. The van der Waals surface area contributed by atoms with Crippen molar-refractivity contribution in [1.29, 1.82) is 0 Å². The van der Waals surface area contributed by atoms with Gasteiger partial charge in [0.1, 0.15) is 0 Å². The lowest BCUT2D eigenvalue weighted by atomic mass is 9.65. The number of likely N-dealkylation sites (N-methyl/N-ethyl adjacent to an activating group) is 1. The van der Waals surface area contributed by atoms with E-state index >= 15 is 0 Å². The zero-order chi connectivity index (χ0) is 15.7. The van der Waals surface area contributed by atoms with Gasteiger partial charge in [0.25, 0.3) is 0 Å². The molecule has 21 heavy (non-hydrogen) atoms. The fraction of sp³-hybridized carbons (Fsp3) is 0.941. The van der Waals surface area contributed by atoms with Crippen LogP contribution in [0, 0.1) is 11.3 Å². The van der Waals surface area contributed by atoms with Crippen LogP contribution in [-0.2, 0) is 0 Å². The summed E-state index contributed by atoms with van der Waals surface area (Å²) in [5.41, 5.74) is 6.87. The van der Waals surface area contributed by atoms with Gasteiger partial charge in [0.05, 0.1) is 12.1 Å². The second-order valence-electron chi connectivity index (χ2n) is 7.97. The molecular formula is C17H34N4. The highest BCUT2D eigenvalue weighted by atomic mass is 15.4. The van der Waals surface area contributed by atoms with Gasteiger partial charge in [0, 0.05) is 13.1 Å². The molecule has 1 spiro atoms. The first-order chi connectivity index (χ1) is 9.81. The van der Waals surface area contributed by atoms with Crippen LogP contribution in [0.25, 0.3) is 0 Å². The van der Waals surface area contributed by atoms with Gasteiger partial charge < -0.3 is 15.5 Å². The molecule has 4 heteroatoms. The molecule has 2 aliphatic rings. The molecule has 0 bridgehead atoms. The summed E-state index contributed by atoms with van der Waals surface area (Å²) in [5, 5.41) is 0. The zero-order valence-electron chi connectivity index (χ0n) is 14.7. The maximum Gasteiger partial charge on any atom is 0.191 e. The lowest BCUT2D eigenvalue weighted by molar-refractivity contribution is 0.0623. The first kappa shape index (κ1) is 16.6. The van der Waals surface area contributed by atoms with E-state index in [4.69, 9.17) is 5.73 Å². The summed E-state index contributed by atoms with van der Waals surface area (Å²) >= 11 is 0. The smallest absolute Gasteiger partial charge is 0.191 e. The second-order valence-corrected chi connectivity index (χ2v) is 7.97. The van der Waals surface area contributed by atoms with Crippen molar-refractivity contribution in [2.75, 3.05) is 33.7 Å². The average Bonchev–Trinajstić information content (AvgIpc) is 2.74. The minimum Gasteiger partial charge on any atom is -0.370 e. The van der Waals surface area contributed by atoms with Gasteiger partial charge in [-0.05, 0) is 51.1 Å². The van der Waals surface area contributed by atoms with E-state index in [1.807, 2.05) is 0 Å². The largest absolute Gasteiger partial charge is 0.370 e. The maximum atomic E-state index is 6.17. The predicted molar refractivity (Wildman–Crippen MR) is 90.5 cm³/mol.